The molecule has 0 fully saturated rings. The zero-order valence-corrected chi connectivity index (χ0v) is 12.4. The molecule has 3 rings (SSSR count). The Labute approximate surface area is 127 Å². The largest absolute Gasteiger partial charge is 0.464 e. The van der Waals surface area contributed by atoms with Crippen LogP contribution in [0.15, 0.2) is 38.1 Å². The van der Waals surface area contributed by atoms with E-state index in [1.165, 1.54) is 23.1 Å². The van der Waals surface area contributed by atoms with Crippen molar-refractivity contribution in [1.82, 2.24) is 9.97 Å². The van der Waals surface area contributed by atoms with Crippen LogP contribution in [0.25, 0.3) is 21.5 Å². The van der Waals surface area contributed by atoms with Crippen molar-refractivity contribution in [3.63, 3.8) is 0 Å². The van der Waals surface area contributed by atoms with Crippen molar-refractivity contribution >= 4 is 39.2 Å². The predicted octanol–water partition coefficient (Wildman–Crippen LogP) is 2.21. The number of primary amides is 1. The van der Waals surface area contributed by atoms with Gasteiger partial charge in [0.15, 0.2) is 5.16 Å². The van der Waals surface area contributed by atoms with Gasteiger partial charge in [-0.1, -0.05) is 11.8 Å². The lowest BCUT2D eigenvalue weighted by molar-refractivity contribution is -0.117. The zero-order chi connectivity index (χ0) is 14.8. The number of H-pyrrole nitrogens is 1. The Hall–Kier alpha value is -2.06. The predicted molar refractivity (Wildman–Crippen MR) is 82.5 cm³/mol. The Morgan fingerprint density at radius 2 is 2.38 bits per heavy atom. The van der Waals surface area contributed by atoms with Gasteiger partial charge in [0.1, 0.15) is 10.6 Å². The highest BCUT2D eigenvalue weighted by Gasteiger charge is 2.14. The van der Waals surface area contributed by atoms with E-state index < -0.39 is 0 Å². The normalized spacial score (nSPS) is 11.0. The molecule has 0 aliphatic carbocycles. The minimum absolute atomic E-state index is 0.214. The molecule has 0 saturated carbocycles. The van der Waals surface area contributed by atoms with Gasteiger partial charge in [-0.25, -0.2) is 4.98 Å². The molecule has 108 valence electrons. The molecule has 3 aromatic heterocycles. The van der Waals surface area contributed by atoms with Gasteiger partial charge in [-0.3, -0.25) is 9.59 Å². The van der Waals surface area contributed by atoms with Crippen LogP contribution in [0.4, 0.5) is 0 Å². The maximum atomic E-state index is 12.2. The molecule has 0 aromatic carbocycles. The maximum Gasteiger partial charge on any atom is 0.261 e. The van der Waals surface area contributed by atoms with Crippen molar-refractivity contribution in [2.45, 2.75) is 11.6 Å². The number of nitrogens with zero attached hydrogens (tertiary/aromatic N) is 1. The number of aromatic amines is 1. The number of amides is 1. The first-order chi connectivity index (χ1) is 10.1. The van der Waals surface area contributed by atoms with Gasteiger partial charge in [-0.05, 0) is 12.1 Å². The molecule has 1 amide bonds. The number of carbonyl (C=O) groups excluding carboxylic acids is 1. The standard InChI is InChI=1S/C13H11N3O3S2/c14-9(17)3-5-20-13-15-11(18)10-7(6-21-12(10)16-13)8-2-1-4-19-8/h1-2,4,6H,3,5H2,(H2,14,17)(H,15,16,18). The van der Waals surface area contributed by atoms with Crippen LogP contribution in [0, 0.1) is 0 Å². The Morgan fingerprint density at radius 1 is 1.52 bits per heavy atom. The number of nitrogens with two attached hydrogens (primary N) is 1. The first kappa shape index (κ1) is 13.9. The molecule has 0 bridgehead atoms. The number of fused-ring (bicyclic) bond motifs is 1. The second kappa shape index (κ2) is 5.74. The van der Waals surface area contributed by atoms with Crippen molar-refractivity contribution in [3.8, 4) is 11.3 Å². The molecule has 21 heavy (non-hydrogen) atoms. The van der Waals surface area contributed by atoms with E-state index >= 15 is 0 Å². The minimum atomic E-state index is -0.373. The monoisotopic (exact) mass is 321 g/mol. The number of furan rings is 1. The van der Waals surface area contributed by atoms with E-state index in [0.717, 1.165) is 5.56 Å². The fraction of sp³-hybridized carbons (Fsp3) is 0.154. The molecule has 6 nitrogen and oxygen atoms in total. The van der Waals surface area contributed by atoms with Crippen LogP contribution in [0.5, 0.6) is 0 Å². The highest BCUT2D eigenvalue weighted by Crippen LogP contribution is 2.31. The number of thiophene rings is 1. The van der Waals surface area contributed by atoms with Gasteiger partial charge in [0, 0.05) is 23.1 Å². The summed E-state index contributed by atoms with van der Waals surface area (Å²) in [6.45, 7) is 0. The summed E-state index contributed by atoms with van der Waals surface area (Å²) >= 11 is 2.68. The van der Waals surface area contributed by atoms with Gasteiger partial charge in [0.2, 0.25) is 5.91 Å². The van der Waals surface area contributed by atoms with Gasteiger partial charge in [-0.2, -0.15) is 0 Å². The lowest BCUT2D eigenvalue weighted by atomic mass is 10.2. The Bertz CT molecular complexity index is 836. The highest BCUT2D eigenvalue weighted by molar-refractivity contribution is 7.99. The number of hydrogen-bond acceptors (Lipinski definition) is 6. The van der Waals surface area contributed by atoms with Crippen molar-refractivity contribution in [2.75, 3.05) is 5.75 Å². The second-order valence-electron chi connectivity index (χ2n) is 4.24. The average Bonchev–Trinajstić information content (AvgIpc) is 3.06. The lowest BCUT2D eigenvalue weighted by Crippen LogP contribution is -2.12. The van der Waals surface area contributed by atoms with Crippen LogP contribution in [0.1, 0.15) is 6.42 Å². The Kier molecular flexibility index (Phi) is 3.80. The van der Waals surface area contributed by atoms with Gasteiger partial charge in [0.05, 0.1) is 11.6 Å². The number of hydrogen-bond donors (Lipinski definition) is 2. The Morgan fingerprint density at radius 3 is 3.10 bits per heavy atom. The molecule has 0 radical (unpaired) electrons. The molecule has 0 aliphatic rings. The summed E-state index contributed by atoms with van der Waals surface area (Å²) in [5, 5.41) is 2.86. The van der Waals surface area contributed by atoms with Crippen LogP contribution in [0.3, 0.4) is 0 Å². The smallest absolute Gasteiger partial charge is 0.261 e. The van der Waals surface area contributed by atoms with Crippen LogP contribution >= 0.6 is 23.1 Å². The number of nitrogens with one attached hydrogen (secondary N) is 1. The van der Waals surface area contributed by atoms with Crippen LogP contribution in [-0.4, -0.2) is 21.6 Å². The third-order valence-corrected chi connectivity index (χ3v) is 4.54. The molecule has 0 spiro atoms. The number of aromatic nitrogens is 2. The third kappa shape index (κ3) is 2.86. The molecule has 0 aliphatic heterocycles. The summed E-state index contributed by atoms with van der Waals surface area (Å²) in [6.07, 6.45) is 1.81. The van der Waals surface area contributed by atoms with E-state index in [-0.39, 0.29) is 17.9 Å². The molecular weight excluding hydrogens is 310 g/mol. The van der Waals surface area contributed by atoms with E-state index in [0.29, 0.717) is 26.9 Å². The highest BCUT2D eigenvalue weighted by atomic mass is 32.2. The van der Waals surface area contributed by atoms with Crippen molar-refractivity contribution in [3.05, 3.63) is 34.1 Å². The molecule has 3 heterocycles. The van der Waals surface area contributed by atoms with Crippen molar-refractivity contribution in [2.24, 2.45) is 5.73 Å². The summed E-state index contributed by atoms with van der Waals surface area (Å²) in [5.41, 5.74) is 5.61. The average molecular weight is 321 g/mol. The first-order valence-corrected chi connectivity index (χ1v) is 7.98. The molecular formula is C13H11N3O3S2. The van der Waals surface area contributed by atoms with Gasteiger partial charge < -0.3 is 15.1 Å². The van der Waals surface area contributed by atoms with E-state index in [1.807, 2.05) is 5.38 Å². The lowest BCUT2D eigenvalue weighted by Gasteiger charge is -2.00. The summed E-state index contributed by atoms with van der Waals surface area (Å²) < 4.78 is 5.33. The number of carbonyl (C=O) groups is 1. The SMILES string of the molecule is NC(=O)CCSc1nc2scc(-c3ccco3)c2c(=O)[nH]1. The number of thioether (sulfide) groups is 1. The fourth-order valence-electron chi connectivity index (χ4n) is 1.86. The van der Waals surface area contributed by atoms with Gasteiger partial charge in [-0.15, -0.1) is 11.3 Å². The molecule has 3 aromatic rings. The maximum absolute atomic E-state index is 12.2. The summed E-state index contributed by atoms with van der Waals surface area (Å²) in [6, 6.07) is 3.57. The molecule has 0 saturated heterocycles. The van der Waals surface area contributed by atoms with Gasteiger partial charge >= 0.3 is 0 Å². The summed E-state index contributed by atoms with van der Waals surface area (Å²) in [5.74, 6) is 0.755. The van der Waals surface area contributed by atoms with E-state index in [9.17, 15) is 9.59 Å². The fourth-order valence-corrected chi connectivity index (χ4v) is 3.66. The van der Waals surface area contributed by atoms with Crippen molar-refractivity contribution < 1.29 is 9.21 Å². The molecule has 8 heteroatoms. The van der Waals surface area contributed by atoms with E-state index in [4.69, 9.17) is 10.2 Å². The first-order valence-electron chi connectivity index (χ1n) is 6.11. The topological polar surface area (TPSA) is 102 Å². The van der Waals surface area contributed by atoms with Crippen LogP contribution in [0.2, 0.25) is 0 Å². The van der Waals surface area contributed by atoms with Crippen LogP contribution < -0.4 is 11.3 Å². The van der Waals surface area contributed by atoms with Crippen molar-refractivity contribution in [1.29, 1.82) is 0 Å². The molecule has 0 atom stereocenters. The van der Waals surface area contributed by atoms with E-state index in [2.05, 4.69) is 9.97 Å². The second-order valence-corrected chi connectivity index (χ2v) is 6.18. The number of rotatable bonds is 5. The third-order valence-electron chi connectivity index (χ3n) is 2.80. The summed E-state index contributed by atoms with van der Waals surface area (Å²) in [7, 11) is 0. The summed E-state index contributed by atoms with van der Waals surface area (Å²) in [4.78, 5) is 30.7. The Balaban J connectivity index is 1.95. The van der Waals surface area contributed by atoms with E-state index in [1.54, 1.807) is 18.4 Å². The minimum Gasteiger partial charge on any atom is -0.464 e. The molecule has 3 N–H and O–H groups in total. The quantitative estimate of drug-likeness (QED) is 0.554. The molecule has 0 unspecified atom stereocenters. The van der Waals surface area contributed by atoms with Gasteiger partial charge in [0.25, 0.3) is 5.56 Å². The zero-order valence-electron chi connectivity index (χ0n) is 10.8. The van der Waals surface area contributed by atoms with Crippen LogP contribution in [-0.2, 0) is 4.79 Å².